The van der Waals surface area contributed by atoms with E-state index in [2.05, 4.69) is 19.1 Å². The fourth-order valence-corrected chi connectivity index (χ4v) is 2.01. The number of aldehydes is 1. The quantitative estimate of drug-likeness (QED) is 0.371. The van der Waals surface area contributed by atoms with E-state index in [4.69, 9.17) is 9.47 Å². The van der Waals surface area contributed by atoms with E-state index in [-0.39, 0.29) is 12.0 Å². The van der Waals surface area contributed by atoms with Gasteiger partial charge in [0.15, 0.2) is 0 Å². The molecule has 0 amide bonds. The lowest BCUT2D eigenvalue weighted by Gasteiger charge is -2.28. The molecule has 0 saturated carbocycles. The first-order chi connectivity index (χ1) is 8.38. The van der Waals surface area contributed by atoms with Crippen LogP contribution in [0.2, 0.25) is 0 Å². The number of hydrogen-bond donors (Lipinski definition) is 0. The van der Waals surface area contributed by atoms with Gasteiger partial charge in [-0.3, -0.25) is 0 Å². The molecule has 1 saturated heterocycles. The molecule has 0 radical (unpaired) electrons. The van der Waals surface area contributed by atoms with E-state index in [0.29, 0.717) is 19.8 Å². The SMILES string of the molecule is CCCCCCC=C[C@@H]1OCOC[C@H]1CC=O. The normalized spacial score (nSPS) is 25.2. The van der Waals surface area contributed by atoms with Gasteiger partial charge in [-0.1, -0.05) is 38.3 Å². The summed E-state index contributed by atoms with van der Waals surface area (Å²) in [7, 11) is 0. The Bertz CT molecular complexity index is 226. The first kappa shape index (κ1) is 14.4. The minimum Gasteiger partial charge on any atom is -0.355 e. The molecular formula is C14H24O3. The Balaban J connectivity index is 2.21. The topological polar surface area (TPSA) is 35.5 Å². The van der Waals surface area contributed by atoms with E-state index in [1.165, 1.54) is 25.7 Å². The van der Waals surface area contributed by atoms with Gasteiger partial charge in [-0.15, -0.1) is 0 Å². The Morgan fingerprint density at radius 3 is 2.94 bits per heavy atom. The van der Waals surface area contributed by atoms with Gasteiger partial charge in [0.05, 0.1) is 12.7 Å². The van der Waals surface area contributed by atoms with Crippen LogP contribution in [0.3, 0.4) is 0 Å². The lowest BCUT2D eigenvalue weighted by atomic mass is 9.98. The number of rotatable bonds is 8. The molecule has 0 N–H and O–H groups in total. The monoisotopic (exact) mass is 240 g/mol. The molecule has 1 aliphatic rings. The predicted octanol–water partition coefficient (Wildman–Crippen LogP) is 3.09. The van der Waals surface area contributed by atoms with E-state index in [9.17, 15) is 4.79 Å². The van der Waals surface area contributed by atoms with E-state index in [1.807, 2.05) is 0 Å². The fraction of sp³-hybridized carbons (Fsp3) is 0.786. The van der Waals surface area contributed by atoms with Gasteiger partial charge in [0, 0.05) is 12.3 Å². The highest BCUT2D eigenvalue weighted by Gasteiger charge is 2.23. The molecule has 3 nitrogen and oxygen atoms in total. The molecule has 0 aromatic rings. The second kappa shape index (κ2) is 9.37. The van der Waals surface area contributed by atoms with Crippen molar-refractivity contribution in [2.24, 2.45) is 5.92 Å². The maximum Gasteiger partial charge on any atom is 0.147 e. The predicted molar refractivity (Wildman–Crippen MR) is 67.8 cm³/mol. The first-order valence-corrected chi connectivity index (χ1v) is 6.68. The lowest BCUT2D eigenvalue weighted by Crippen LogP contribution is -2.33. The van der Waals surface area contributed by atoms with Crippen molar-refractivity contribution in [2.45, 2.75) is 51.6 Å². The highest BCUT2D eigenvalue weighted by Crippen LogP contribution is 2.18. The minimum atomic E-state index is 0.0557. The van der Waals surface area contributed by atoms with Crippen molar-refractivity contribution in [3.05, 3.63) is 12.2 Å². The standard InChI is InChI=1S/C14H24O3/c1-2-3-4-5-6-7-8-14-13(9-10-15)11-16-12-17-14/h7-8,10,13-14H,2-6,9,11-12H2,1H3/t13-,14+/m1/s1. The van der Waals surface area contributed by atoms with Crippen molar-refractivity contribution in [1.82, 2.24) is 0 Å². The van der Waals surface area contributed by atoms with Crippen LogP contribution in [0.1, 0.15) is 45.4 Å². The molecule has 1 rings (SSSR count). The maximum absolute atomic E-state index is 10.5. The average molecular weight is 240 g/mol. The molecule has 3 heteroatoms. The molecule has 0 aromatic carbocycles. The molecule has 1 heterocycles. The number of unbranched alkanes of at least 4 members (excludes halogenated alkanes) is 4. The molecule has 1 fully saturated rings. The second-order valence-corrected chi connectivity index (χ2v) is 4.56. The van der Waals surface area contributed by atoms with Gasteiger partial charge < -0.3 is 14.3 Å². The van der Waals surface area contributed by atoms with Crippen molar-refractivity contribution in [3.8, 4) is 0 Å². The van der Waals surface area contributed by atoms with Crippen molar-refractivity contribution < 1.29 is 14.3 Å². The Morgan fingerprint density at radius 2 is 2.18 bits per heavy atom. The summed E-state index contributed by atoms with van der Waals surface area (Å²) >= 11 is 0. The zero-order valence-corrected chi connectivity index (χ0v) is 10.8. The van der Waals surface area contributed by atoms with Gasteiger partial charge in [-0.25, -0.2) is 0 Å². The highest BCUT2D eigenvalue weighted by molar-refractivity contribution is 5.50. The van der Waals surface area contributed by atoms with Crippen molar-refractivity contribution in [3.63, 3.8) is 0 Å². The summed E-state index contributed by atoms with van der Waals surface area (Å²) in [5.74, 6) is 0.188. The van der Waals surface area contributed by atoms with Gasteiger partial charge in [0.2, 0.25) is 0 Å². The molecule has 98 valence electrons. The molecule has 0 aromatic heterocycles. The van der Waals surface area contributed by atoms with E-state index in [0.717, 1.165) is 12.7 Å². The fourth-order valence-electron chi connectivity index (χ4n) is 2.01. The molecular weight excluding hydrogens is 216 g/mol. The summed E-state index contributed by atoms with van der Waals surface area (Å²) in [5.41, 5.74) is 0. The third-order valence-electron chi connectivity index (χ3n) is 3.09. The van der Waals surface area contributed by atoms with Crippen LogP contribution in [-0.2, 0) is 14.3 Å². The third-order valence-corrected chi connectivity index (χ3v) is 3.09. The van der Waals surface area contributed by atoms with Gasteiger partial charge in [-0.05, 0) is 12.8 Å². The molecule has 0 aliphatic carbocycles. The molecule has 0 bridgehead atoms. The Labute approximate surface area is 104 Å². The van der Waals surface area contributed by atoms with Crippen LogP contribution in [0.25, 0.3) is 0 Å². The van der Waals surface area contributed by atoms with Crippen molar-refractivity contribution >= 4 is 6.29 Å². The summed E-state index contributed by atoms with van der Waals surface area (Å²) < 4.78 is 10.7. The van der Waals surface area contributed by atoms with Crippen molar-refractivity contribution in [1.29, 1.82) is 0 Å². The number of ether oxygens (including phenoxy) is 2. The van der Waals surface area contributed by atoms with E-state index < -0.39 is 0 Å². The summed E-state index contributed by atoms with van der Waals surface area (Å²) in [6.07, 6.45) is 12.0. The smallest absolute Gasteiger partial charge is 0.147 e. The van der Waals surface area contributed by atoms with E-state index in [1.54, 1.807) is 0 Å². The summed E-state index contributed by atoms with van der Waals surface area (Å²) in [6.45, 7) is 3.19. The highest BCUT2D eigenvalue weighted by atomic mass is 16.7. The number of hydrogen-bond acceptors (Lipinski definition) is 3. The maximum atomic E-state index is 10.5. The summed E-state index contributed by atoms with van der Waals surface area (Å²) in [6, 6.07) is 0. The van der Waals surface area contributed by atoms with Crippen LogP contribution in [0.5, 0.6) is 0 Å². The Morgan fingerprint density at radius 1 is 1.29 bits per heavy atom. The third kappa shape index (κ3) is 5.99. The number of allylic oxidation sites excluding steroid dienone is 1. The zero-order chi connectivity index (χ0) is 12.3. The number of carbonyl (C=O) groups is 1. The zero-order valence-electron chi connectivity index (χ0n) is 10.8. The lowest BCUT2D eigenvalue weighted by molar-refractivity contribution is -0.156. The van der Waals surface area contributed by atoms with Crippen LogP contribution < -0.4 is 0 Å². The van der Waals surface area contributed by atoms with Crippen LogP contribution in [0.4, 0.5) is 0 Å². The van der Waals surface area contributed by atoms with Crippen LogP contribution in [-0.4, -0.2) is 25.8 Å². The van der Waals surface area contributed by atoms with Gasteiger partial charge in [0.1, 0.15) is 13.1 Å². The minimum absolute atomic E-state index is 0.0557. The second-order valence-electron chi connectivity index (χ2n) is 4.56. The number of carbonyl (C=O) groups excluding carboxylic acids is 1. The molecule has 1 aliphatic heterocycles. The van der Waals surface area contributed by atoms with Crippen LogP contribution >= 0.6 is 0 Å². The summed E-state index contributed by atoms with van der Waals surface area (Å²) in [5, 5.41) is 0. The first-order valence-electron chi connectivity index (χ1n) is 6.68. The Kier molecular flexibility index (Phi) is 7.93. The van der Waals surface area contributed by atoms with Gasteiger partial charge in [-0.2, -0.15) is 0 Å². The molecule has 2 atom stereocenters. The molecule has 17 heavy (non-hydrogen) atoms. The molecule has 0 spiro atoms. The Hall–Kier alpha value is -0.670. The average Bonchev–Trinajstić information content (AvgIpc) is 2.36. The summed E-state index contributed by atoms with van der Waals surface area (Å²) in [4.78, 5) is 10.5. The van der Waals surface area contributed by atoms with Crippen LogP contribution in [0, 0.1) is 5.92 Å². The largest absolute Gasteiger partial charge is 0.355 e. The van der Waals surface area contributed by atoms with Crippen LogP contribution in [0.15, 0.2) is 12.2 Å². The van der Waals surface area contributed by atoms with E-state index >= 15 is 0 Å². The van der Waals surface area contributed by atoms with Crippen molar-refractivity contribution in [2.75, 3.05) is 13.4 Å². The van der Waals surface area contributed by atoms with Gasteiger partial charge >= 0.3 is 0 Å². The molecule has 0 unspecified atom stereocenters. The van der Waals surface area contributed by atoms with Gasteiger partial charge in [0.25, 0.3) is 0 Å².